The molecule has 2 rings (SSSR count). The molecule has 7 nitrogen and oxygen atoms in total. The van der Waals surface area contributed by atoms with E-state index in [0.717, 1.165) is 11.3 Å². The third-order valence-electron chi connectivity index (χ3n) is 3.48. The van der Waals surface area contributed by atoms with Crippen LogP contribution in [0, 0.1) is 6.92 Å². The molecule has 0 fully saturated rings. The minimum Gasteiger partial charge on any atom is -0.476 e. The van der Waals surface area contributed by atoms with E-state index >= 15 is 0 Å². The number of aryl methyl sites for hydroxylation is 1. The Bertz CT molecular complexity index is 709. The van der Waals surface area contributed by atoms with E-state index in [0.29, 0.717) is 12.1 Å². The third kappa shape index (κ3) is 2.98. The molecule has 0 saturated carbocycles. The molecule has 0 aliphatic rings. The minimum atomic E-state index is -1.14. The molecule has 0 bridgehead atoms. The molecule has 7 heteroatoms. The lowest BCUT2D eigenvalue weighted by molar-refractivity contribution is -0.119. The molecule has 1 aromatic heterocycles. The van der Waals surface area contributed by atoms with E-state index in [-0.39, 0.29) is 11.6 Å². The lowest BCUT2D eigenvalue weighted by atomic mass is 10.2. The summed E-state index contributed by atoms with van der Waals surface area (Å²) in [5.41, 5.74) is 1.98. The maximum absolute atomic E-state index is 12.4. The number of carbonyl (C=O) groups excluding carboxylic acids is 1. The molecular formula is C15H18N4O3. The van der Waals surface area contributed by atoms with Gasteiger partial charge in [-0.3, -0.25) is 4.79 Å². The molecule has 2 aromatic rings. The molecule has 0 aliphatic carbocycles. The quantitative estimate of drug-likeness (QED) is 0.881. The number of anilines is 1. The lowest BCUT2D eigenvalue weighted by Crippen LogP contribution is -2.26. The number of hydrogen-bond donors (Lipinski definition) is 2. The van der Waals surface area contributed by atoms with E-state index in [1.807, 2.05) is 31.2 Å². The van der Waals surface area contributed by atoms with Crippen molar-refractivity contribution in [1.29, 1.82) is 0 Å². The molecule has 1 aromatic carbocycles. The molecular weight excluding hydrogens is 284 g/mol. The number of hydrogen-bond acceptors (Lipinski definition) is 4. The second-order valence-corrected chi connectivity index (χ2v) is 4.97. The SMILES string of the molecule is CCc1c(C(=O)O)nnn1C(C)C(=O)Nc1ccccc1C. The highest BCUT2D eigenvalue weighted by Gasteiger charge is 2.24. The van der Waals surface area contributed by atoms with Gasteiger partial charge < -0.3 is 10.4 Å². The molecule has 22 heavy (non-hydrogen) atoms. The van der Waals surface area contributed by atoms with Crippen molar-refractivity contribution in [2.45, 2.75) is 33.2 Å². The Hall–Kier alpha value is -2.70. The van der Waals surface area contributed by atoms with Crippen LogP contribution in [-0.4, -0.2) is 32.0 Å². The van der Waals surface area contributed by atoms with Crippen molar-refractivity contribution in [2.75, 3.05) is 5.32 Å². The fourth-order valence-corrected chi connectivity index (χ4v) is 2.18. The number of aromatic carboxylic acids is 1. The molecule has 116 valence electrons. The number of carboxylic acid groups (broad SMARTS) is 1. The van der Waals surface area contributed by atoms with Gasteiger partial charge in [-0.15, -0.1) is 5.10 Å². The second-order valence-electron chi connectivity index (χ2n) is 4.97. The van der Waals surface area contributed by atoms with E-state index in [9.17, 15) is 9.59 Å². The minimum absolute atomic E-state index is 0.113. The van der Waals surface area contributed by atoms with Gasteiger partial charge in [-0.2, -0.15) is 0 Å². The number of carbonyl (C=O) groups is 2. The van der Waals surface area contributed by atoms with E-state index in [2.05, 4.69) is 15.6 Å². The van der Waals surface area contributed by atoms with Crippen LogP contribution in [0.4, 0.5) is 5.69 Å². The number of amides is 1. The van der Waals surface area contributed by atoms with Crippen molar-refractivity contribution in [3.8, 4) is 0 Å². The molecule has 1 atom stereocenters. The van der Waals surface area contributed by atoms with Crippen LogP contribution in [0.5, 0.6) is 0 Å². The Kier molecular flexibility index (Phi) is 4.55. The van der Waals surface area contributed by atoms with E-state index in [4.69, 9.17) is 5.11 Å². The van der Waals surface area contributed by atoms with Crippen molar-refractivity contribution in [3.63, 3.8) is 0 Å². The summed E-state index contributed by atoms with van der Waals surface area (Å²) in [6, 6.07) is 6.78. The van der Waals surface area contributed by atoms with Gasteiger partial charge in [-0.05, 0) is 31.9 Å². The van der Waals surface area contributed by atoms with E-state index < -0.39 is 12.0 Å². The molecule has 0 saturated heterocycles. The molecule has 1 unspecified atom stereocenters. The first-order chi connectivity index (χ1) is 10.5. The fraction of sp³-hybridized carbons (Fsp3) is 0.333. The molecule has 1 amide bonds. The predicted octanol–water partition coefficient (Wildman–Crippen LogP) is 2.05. The Morgan fingerprint density at radius 3 is 2.64 bits per heavy atom. The average Bonchev–Trinajstić information content (AvgIpc) is 2.92. The van der Waals surface area contributed by atoms with Crippen LogP contribution in [0.1, 0.15) is 41.6 Å². The van der Waals surface area contributed by atoms with Gasteiger partial charge in [0.25, 0.3) is 0 Å². The summed E-state index contributed by atoms with van der Waals surface area (Å²) < 4.78 is 1.36. The first-order valence-electron chi connectivity index (χ1n) is 6.99. The Morgan fingerprint density at radius 2 is 2.05 bits per heavy atom. The number of nitrogens with one attached hydrogen (secondary N) is 1. The highest BCUT2D eigenvalue weighted by Crippen LogP contribution is 2.18. The van der Waals surface area contributed by atoms with Gasteiger partial charge >= 0.3 is 5.97 Å². The van der Waals surface area contributed by atoms with Gasteiger partial charge in [0.2, 0.25) is 5.91 Å². The number of para-hydroxylation sites is 1. The zero-order chi connectivity index (χ0) is 16.3. The summed E-state index contributed by atoms with van der Waals surface area (Å²) in [6.07, 6.45) is 0.427. The first kappa shape index (κ1) is 15.7. The van der Waals surface area contributed by atoms with E-state index in [1.165, 1.54) is 4.68 Å². The lowest BCUT2D eigenvalue weighted by Gasteiger charge is -2.15. The van der Waals surface area contributed by atoms with Gasteiger partial charge in [0.05, 0.1) is 5.69 Å². The summed E-state index contributed by atoms with van der Waals surface area (Å²) in [6.45, 7) is 5.36. The fourth-order valence-electron chi connectivity index (χ4n) is 2.18. The third-order valence-corrected chi connectivity index (χ3v) is 3.48. The van der Waals surface area contributed by atoms with Crippen LogP contribution in [-0.2, 0) is 11.2 Å². The van der Waals surface area contributed by atoms with Crippen molar-refractivity contribution in [2.24, 2.45) is 0 Å². The highest BCUT2D eigenvalue weighted by molar-refractivity contribution is 5.94. The molecule has 1 heterocycles. The average molecular weight is 302 g/mol. The van der Waals surface area contributed by atoms with Crippen molar-refractivity contribution >= 4 is 17.6 Å². The van der Waals surface area contributed by atoms with Crippen LogP contribution in [0.3, 0.4) is 0 Å². The summed E-state index contributed by atoms with van der Waals surface area (Å²) in [5, 5.41) is 19.4. The Balaban J connectivity index is 2.24. The van der Waals surface area contributed by atoms with Crippen LogP contribution in [0.25, 0.3) is 0 Å². The van der Waals surface area contributed by atoms with Crippen molar-refractivity contribution in [3.05, 3.63) is 41.2 Å². The molecule has 0 spiro atoms. The van der Waals surface area contributed by atoms with Gasteiger partial charge in [0, 0.05) is 5.69 Å². The number of nitrogens with zero attached hydrogens (tertiary/aromatic N) is 3. The number of benzene rings is 1. The molecule has 0 aliphatic heterocycles. The van der Waals surface area contributed by atoms with Gasteiger partial charge in [-0.1, -0.05) is 30.3 Å². The largest absolute Gasteiger partial charge is 0.476 e. The Morgan fingerprint density at radius 1 is 1.36 bits per heavy atom. The van der Waals surface area contributed by atoms with Gasteiger partial charge in [0.1, 0.15) is 6.04 Å². The van der Waals surface area contributed by atoms with E-state index in [1.54, 1.807) is 13.8 Å². The van der Waals surface area contributed by atoms with Crippen LogP contribution in [0.2, 0.25) is 0 Å². The van der Waals surface area contributed by atoms with Gasteiger partial charge in [0.15, 0.2) is 5.69 Å². The smallest absolute Gasteiger partial charge is 0.358 e. The zero-order valence-corrected chi connectivity index (χ0v) is 12.7. The summed E-state index contributed by atoms with van der Waals surface area (Å²) in [4.78, 5) is 23.5. The first-order valence-corrected chi connectivity index (χ1v) is 6.99. The standard InChI is InChI=1S/C15H18N4O3/c1-4-12-13(15(21)22)17-18-19(12)10(3)14(20)16-11-8-6-5-7-9(11)2/h5-8,10H,4H2,1-3H3,(H,16,20)(H,21,22). The van der Waals surface area contributed by atoms with Gasteiger partial charge in [-0.25, -0.2) is 9.48 Å². The number of carboxylic acids is 1. The molecule has 2 N–H and O–H groups in total. The number of aromatic nitrogens is 3. The Labute approximate surface area is 128 Å². The van der Waals surface area contributed by atoms with Crippen molar-refractivity contribution < 1.29 is 14.7 Å². The zero-order valence-electron chi connectivity index (χ0n) is 12.7. The second kappa shape index (κ2) is 6.38. The predicted molar refractivity (Wildman–Crippen MR) is 80.9 cm³/mol. The topological polar surface area (TPSA) is 97.1 Å². The molecule has 0 radical (unpaired) electrons. The summed E-state index contributed by atoms with van der Waals surface area (Å²) in [5.74, 6) is -1.42. The highest BCUT2D eigenvalue weighted by atomic mass is 16.4. The summed E-state index contributed by atoms with van der Waals surface area (Å²) >= 11 is 0. The normalized spacial score (nSPS) is 12.0. The maximum atomic E-state index is 12.4. The summed E-state index contributed by atoms with van der Waals surface area (Å²) in [7, 11) is 0. The van der Waals surface area contributed by atoms with Crippen LogP contribution < -0.4 is 5.32 Å². The van der Waals surface area contributed by atoms with Crippen molar-refractivity contribution in [1.82, 2.24) is 15.0 Å². The monoisotopic (exact) mass is 302 g/mol. The van der Waals surface area contributed by atoms with Crippen LogP contribution >= 0.6 is 0 Å². The number of rotatable bonds is 5. The maximum Gasteiger partial charge on any atom is 0.358 e. The van der Waals surface area contributed by atoms with Crippen LogP contribution in [0.15, 0.2) is 24.3 Å².